The van der Waals surface area contributed by atoms with Crippen LogP contribution >= 0.6 is 0 Å². The molecule has 0 atom stereocenters. The van der Waals surface area contributed by atoms with Crippen molar-refractivity contribution >= 4 is 11.3 Å². The molecule has 0 amide bonds. The fraction of sp³-hybridized carbons (Fsp3) is 0.407. The first-order valence-electron chi connectivity index (χ1n) is 10.9. The summed E-state index contributed by atoms with van der Waals surface area (Å²) in [4.78, 5) is 0. The maximum atomic E-state index is 3.64. The molecule has 0 heterocycles. The normalized spacial score (nSPS) is 12.9. The highest BCUT2D eigenvalue weighted by Crippen LogP contribution is 2.20. The van der Waals surface area contributed by atoms with Gasteiger partial charge in [0.2, 0.25) is 0 Å². The van der Waals surface area contributed by atoms with Crippen molar-refractivity contribution in [3.63, 3.8) is 0 Å². The van der Waals surface area contributed by atoms with Gasteiger partial charge in [0, 0.05) is 18.3 Å². The number of benzene rings is 2. The largest absolute Gasteiger partial charge is 0.388 e. The average Bonchev–Trinajstić information content (AvgIpc) is 3.25. The van der Waals surface area contributed by atoms with Crippen LogP contribution in [0.3, 0.4) is 0 Å². The second kappa shape index (κ2) is 11.6. The van der Waals surface area contributed by atoms with Crippen molar-refractivity contribution in [2.75, 3.05) is 18.9 Å². The molecule has 0 saturated heterocycles. The van der Waals surface area contributed by atoms with Crippen molar-refractivity contribution in [3.8, 4) is 0 Å². The Labute approximate surface area is 178 Å². The summed E-state index contributed by atoms with van der Waals surface area (Å²) in [5.74, 6) is 0. The zero-order valence-corrected chi connectivity index (χ0v) is 18.9. The topological polar surface area (TPSA) is 24.1 Å². The third-order valence-corrected chi connectivity index (χ3v) is 5.34. The van der Waals surface area contributed by atoms with E-state index in [-0.39, 0.29) is 5.54 Å². The van der Waals surface area contributed by atoms with E-state index in [1.165, 1.54) is 40.8 Å². The summed E-state index contributed by atoms with van der Waals surface area (Å²) in [5.41, 5.74) is 6.86. The van der Waals surface area contributed by atoms with Crippen molar-refractivity contribution in [1.29, 1.82) is 0 Å². The Balaban J connectivity index is 0.000000230. The Kier molecular flexibility index (Phi) is 9.21. The van der Waals surface area contributed by atoms with Crippen molar-refractivity contribution in [2.24, 2.45) is 0 Å². The predicted molar refractivity (Wildman–Crippen MR) is 130 cm³/mol. The quantitative estimate of drug-likeness (QED) is 0.519. The van der Waals surface area contributed by atoms with Gasteiger partial charge >= 0.3 is 0 Å². The Morgan fingerprint density at radius 1 is 1.03 bits per heavy atom. The van der Waals surface area contributed by atoms with Crippen LogP contribution in [0.4, 0.5) is 5.69 Å². The Hall–Kier alpha value is -2.32. The van der Waals surface area contributed by atoms with E-state index in [2.05, 4.69) is 99.0 Å². The van der Waals surface area contributed by atoms with Crippen LogP contribution in [-0.4, -0.2) is 19.1 Å². The van der Waals surface area contributed by atoms with E-state index in [0.717, 1.165) is 19.4 Å². The van der Waals surface area contributed by atoms with Gasteiger partial charge in [-0.15, -0.1) is 0 Å². The van der Waals surface area contributed by atoms with Gasteiger partial charge in [-0.05, 0) is 74.9 Å². The highest BCUT2D eigenvalue weighted by molar-refractivity contribution is 5.76. The van der Waals surface area contributed by atoms with Gasteiger partial charge in [0.25, 0.3) is 0 Å². The van der Waals surface area contributed by atoms with E-state index in [1.807, 2.05) is 13.1 Å². The zero-order valence-electron chi connectivity index (χ0n) is 18.9. The summed E-state index contributed by atoms with van der Waals surface area (Å²) in [6, 6.07) is 17.1. The number of hydrogen-bond donors (Lipinski definition) is 2. The highest BCUT2D eigenvalue weighted by Gasteiger charge is 2.14. The molecule has 0 fully saturated rings. The molecule has 2 heteroatoms. The lowest BCUT2D eigenvalue weighted by Crippen LogP contribution is -2.40. The number of allylic oxidation sites excluding steroid dienone is 4. The SMILES string of the molecule is C1=CC(c2ccccc2)=CC1.CCCC(C)(C)NCCc1ccc(C)c(NC)c1. The maximum absolute atomic E-state index is 3.64. The van der Waals surface area contributed by atoms with E-state index in [1.54, 1.807) is 0 Å². The van der Waals surface area contributed by atoms with Crippen LogP contribution in [0.2, 0.25) is 0 Å². The molecule has 1 aliphatic carbocycles. The van der Waals surface area contributed by atoms with Crippen LogP contribution in [0.15, 0.2) is 66.8 Å². The number of nitrogens with one attached hydrogen (secondary N) is 2. The summed E-state index contributed by atoms with van der Waals surface area (Å²) in [7, 11) is 1.98. The molecule has 3 rings (SSSR count). The molecule has 2 nitrogen and oxygen atoms in total. The average molecular weight is 391 g/mol. The standard InChI is InChI=1S/C16H28N2.C11H10/c1-6-10-16(3,4)18-11-9-14-8-7-13(2)15(12-14)17-5;1-2-6-10(7-3-1)11-8-4-5-9-11/h7-8,12,17-18H,6,9-11H2,1-5H3;1-4,6-9H,5H2. The Morgan fingerprint density at radius 3 is 2.41 bits per heavy atom. The third-order valence-electron chi connectivity index (χ3n) is 5.34. The van der Waals surface area contributed by atoms with Crippen LogP contribution in [0, 0.1) is 6.92 Å². The number of anilines is 1. The smallest absolute Gasteiger partial charge is 0.0370 e. The van der Waals surface area contributed by atoms with Crippen molar-refractivity contribution < 1.29 is 0 Å². The molecule has 2 aromatic rings. The Morgan fingerprint density at radius 2 is 1.79 bits per heavy atom. The first-order valence-corrected chi connectivity index (χ1v) is 10.9. The summed E-state index contributed by atoms with van der Waals surface area (Å²) in [6.07, 6.45) is 11.2. The van der Waals surface area contributed by atoms with Gasteiger partial charge in [-0.2, -0.15) is 0 Å². The first-order chi connectivity index (χ1) is 13.9. The number of aryl methyl sites for hydroxylation is 1. The highest BCUT2D eigenvalue weighted by atomic mass is 14.9. The molecule has 0 unspecified atom stereocenters. The molecule has 0 aromatic heterocycles. The number of hydrogen-bond acceptors (Lipinski definition) is 2. The van der Waals surface area contributed by atoms with Gasteiger partial charge in [-0.3, -0.25) is 0 Å². The first kappa shape index (κ1) is 23.0. The van der Waals surface area contributed by atoms with E-state index < -0.39 is 0 Å². The van der Waals surface area contributed by atoms with E-state index >= 15 is 0 Å². The van der Waals surface area contributed by atoms with Gasteiger partial charge in [-0.25, -0.2) is 0 Å². The molecule has 0 radical (unpaired) electrons. The lowest BCUT2D eigenvalue weighted by molar-refractivity contribution is 0.362. The maximum Gasteiger partial charge on any atom is 0.0370 e. The summed E-state index contributed by atoms with van der Waals surface area (Å²) >= 11 is 0. The minimum absolute atomic E-state index is 0.255. The predicted octanol–water partition coefficient (Wildman–Crippen LogP) is 6.78. The minimum atomic E-state index is 0.255. The van der Waals surface area contributed by atoms with Gasteiger partial charge in [0.1, 0.15) is 0 Å². The molecule has 2 N–H and O–H groups in total. The second-order valence-electron chi connectivity index (χ2n) is 8.37. The molecule has 0 aliphatic heterocycles. The van der Waals surface area contributed by atoms with Crippen molar-refractivity contribution in [1.82, 2.24) is 5.32 Å². The third kappa shape index (κ3) is 7.91. The van der Waals surface area contributed by atoms with Crippen LogP contribution < -0.4 is 10.6 Å². The van der Waals surface area contributed by atoms with Crippen LogP contribution in [-0.2, 0) is 6.42 Å². The van der Waals surface area contributed by atoms with Crippen LogP contribution in [0.5, 0.6) is 0 Å². The molecule has 0 bridgehead atoms. The monoisotopic (exact) mass is 390 g/mol. The van der Waals surface area contributed by atoms with Gasteiger partial charge < -0.3 is 10.6 Å². The molecule has 0 saturated carbocycles. The van der Waals surface area contributed by atoms with Crippen molar-refractivity contribution in [2.45, 2.75) is 58.9 Å². The van der Waals surface area contributed by atoms with E-state index in [0.29, 0.717) is 0 Å². The Bertz CT molecular complexity index is 801. The number of rotatable bonds is 8. The lowest BCUT2D eigenvalue weighted by atomic mass is 9.98. The lowest BCUT2D eigenvalue weighted by Gasteiger charge is -2.26. The molecular formula is C27H38N2. The fourth-order valence-corrected chi connectivity index (χ4v) is 3.66. The van der Waals surface area contributed by atoms with Crippen molar-refractivity contribution in [3.05, 3.63) is 83.4 Å². The molecule has 29 heavy (non-hydrogen) atoms. The van der Waals surface area contributed by atoms with Gasteiger partial charge in [-0.1, -0.05) is 74.0 Å². The molecule has 156 valence electrons. The van der Waals surface area contributed by atoms with Gasteiger partial charge in [0.15, 0.2) is 0 Å². The molecule has 2 aromatic carbocycles. The van der Waals surface area contributed by atoms with E-state index in [9.17, 15) is 0 Å². The molecule has 1 aliphatic rings. The molecule has 0 spiro atoms. The minimum Gasteiger partial charge on any atom is -0.388 e. The second-order valence-corrected chi connectivity index (χ2v) is 8.37. The van der Waals surface area contributed by atoms with Gasteiger partial charge in [0.05, 0.1) is 0 Å². The summed E-state index contributed by atoms with van der Waals surface area (Å²) < 4.78 is 0. The summed E-state index contributed by atoms with van der Waals surface area (Å²) in [6.45, 7) is 9.98. The fourth-order valence-electron chi connectivity index (χ4n) is 3.66. The van der Waals surface area contributed by atoms with Crippen LogP contribution in [0.25, 0.3) is 5.57 Å². The van der Waals surface area contributed by atoms with E-state index in [4.69, 9.17) is 0 Å². The molecular weight excluding hydrogens is 352 g/mol. The zero-order chi connectivity index (χ0) is 21.1. The van der Waals surface area contributed by atoms with Crippen LogP contribution in [0.1, 0.15) is 56.7 Å². The summed E-state index contributed by atoms with van der Waals surface area (Å²) in [5, 5.41) is 6.88.